The molecule has 2 heterocycles. The highest BCUT2D eigenvalue weighted by Crippen LogP contribution is 2.18. The van der Waals surface area contributed by atoms with Gasteiger partial charge in [0.05, 0.1) is 0 Å². The number of nitrogens with one attached hydrogen (secondary N) is 4. The first-order chi connectivity index (χ1) is 10.2. The number of allylic oxidation sites excluding steroid dienone is 4. The average molecular weight is 279 g/mol. The van der Waals surface area contributed by atoms with Crippen LogP contribution in [0.15, 0.2) is 65.7 Å². The van der Waals surface area contributed by atoms with Crippen molar-refractivity contribution in [3.05, 3.63) is 71.4 Å². The maximum Gasteiger partial charge on any atom is 0.130 e. The number of nitrogens with zero attached hydrogens (tertiary/aromatic N) is 1. The summed E-state index contributed by atoms with van der Waals surface area (Å²) in [6.07, 6.45) is 11.4. The van der Waals surface area contributed by atoms with E-state index in [0.717, 1.165) is 28.5 Å². The van der Waals surface area contributed by atoms with Crippen LogP contribution in [0.2, 0.25) is 0 Å². The van der Waals surface area contributed by atoms with E-state index in [1.165, 1.54) is 12.4 Å². The van der Waals surface area contributed by atoms with Gasteiger partial charge in [-0.05, 0) is 43.4 Å². The monoisotopic (exact) mass is 279 g/mol. The van der Waals surface area contributed by atoms with Gasteiger partial charge in [-0.15, -0.1) is 0 Å². The van der Waals surface area contributed by atoms with Crippen molar-refractivity contribution in [2.24, 2.45) is 0 Å². The number of aryl methyl sites for hydroxylation is 1. The molecule has 1 aromatic rings. The van der Waals surface area contributed by atoms with Gasteiger partial charge in [-0.2, -0.15) is 0 Å². The summed E-state index contributed by atoms with van der Waals surface area (Å²) in [5.41, 5.74) is 3.43. The zero-order valence-corrected chi connectivity index (χ0v) is 11.7. The maximum absolute atomic E-state index is 7.31. The lowest BCUT2D eigenvalue weighted by Gasteiger charge is -2.15. The van der Waals surface area contributed by atoms with Crippen LogP contribution in [0.3, 0.4) is 0 Å². The van der Waals surface area contributed by atoms with E-state index >= 15 is 0 Å². The minimum Gasteiger partial charge on any atom is -0.362 e. The molecule has 0 amide bonds. The number of rotatable bonds is 5. The third-order valence-corrected chi connectivity index (χ3v) is 2.80. The average Bonchev–Trinajstić information content (AvgIpc) is 2.47. The number of hydrogen-bond donors (Lipinski definition) is 4. The Morgan fingerprint density at radius 1 is 1.29 bits per heavy atom. The van der Waals surface area contributed by atoms with Crippen LogP contribution in [0.5, 0.6) is 0 Å². The molecule has 0 unspecified atom stereocenters. The van der Waals surface area contributed by atoms with Crippen LogP contribution < -0.4 is 10.6 Å². The van der Waals surface area contributed by atoms with Crippen molar-refractivity contribution in [2.75, 3.05) is 5.32 Å². The number of pyridine rings is 1. The zero-order chi connectivity index (χ0) is 15.1. The second-order valence-electron chi connectivity index (χ2n) is 4.40. The van der Waals surface area contributed by atoms with Gasteiger partial charge in [0.1, 0.15) is 5.82 Å². The maximum atomic E-state index is 7.31. The van der Waals surface area contributed by atoms with Gasteiger partial charge in [-0.25, -0.2) is 4.98 Å². The Kier molecular flexibility index (Phi) is 4.82. The molecule has 4 N–H and O–H groups in total. The summed E-state index contributed by atoms with van der Waals surface area (Å²) in [5, 5.41) is 20.7. The number of dihydropyridines is 1. The molecule has 0 bridgehead atoms. The van der Waals surface area contributed by atoms with E-state index in [4.69, 9.17) is 10.8 Å². The topological polar surface area (TPSA) is 84.7 Å². The summed E-state index contributed by atoms with van der Waals surface area (Å²) in [7, 11) is 0. The van der Waals surface area contributed by atoms with E-state index in [2.05, 4.69) is 15.6 Å². The molecule has 0 atom stereocenters. The highest BCUT2D eigenvalue weighted by molar-refractivity contribution is 5.75. The molecule has 0 radical (unpaired) electrons. The predicted octanol–water partition coefficient (Wildman–Crippen LogP) is 2.91. The van der Waals surface area contributed by atoms with Crippen LogP contribution >= 0.6 is 0 Å². The molecule has 1 aliphatic rings. The molecule has 0 saturated carbocycles. The first-order valence-corrected chi connectivity index (χ1v) is 6.50. The van der Waals surface area contributed by atoms with E-state index in [1.54, 1.807) is 18.4 Å². The van der Waals surface area contributed by atoms with Crippen LogP contribution in [-0.2, 0) is 0 Å². The first kappa shape index (κ1) is 14.5. The standard InChI is InChI=1S/C16H17N5/c1-12-3-2-4-16(20-12)21-15(6-9-18)13-7-10-19-14(11-13)5-8-17/h2-11,17-19H,1H3,(H,20,21)/b14-5-,15-6-,17-8?,18-9?. The van der Waals surface area contributed by atoms with Crippen molar-refractivity contribution in [1.82, 2.24) is 10.3 Å². The summed E-state index contributed by atoms with van der Waals surface area (Å²) < 4.78 is 0. The molecular weight excluding hydrogens is 262 g/mol. The molecule has 2 rings (SSSR count). The normalized spacial score (nSPS) is 16.1. The van der Waals surface area contributed by atoms with Crippen molar-refractivity contribution < 1.29 is 0 Å². The Labute approximate surface area is 123 Å². The van der Waals surface area contributed by atoms with Crippen molar-refractivity contribution in [3.8, 4) is 0 Å². The number of anilines is 1. The third-order valence-electron chi connectivity index (χ3n) is 2.80. The van der Waals surface area contributed by atoms with E-state index in [-0.39, 0.29) is 0 Å². The molecule has 5 heteroatoms. The Balaban J connectivity index is 2.29. The minimum atomic E-state index is 0.730. The number of hydrogen-bond acceptors (Lipinski definition) is 5. The van der Waals surface area contributed by atoms with Crippen LogP contribution in [0, 0.1) is 17.7 Å². The van der Waals surface area contributed by atoms with Crippen LogP contribution in [0.4, 0.5) is 5.82 Å². The third kappa shape index (κ3) is 4.01. The SMILES string of the molecule is Cc1cccc(N/C(=C\C=N)C2=C/C(=C/C=N)NC=C2)n1. The van der Waals surface area contributed by atoms with E-state index in [0.29, 0.717) is 0 Å². The lowest BCUT2D eigenvalue weighted by Crippen LogP contribution is -2.12. The van der Waals surface area contributed by atoms with Gasteiger partial charge < -0.3 is 21.5 Å². The van der Waals surface area contributed by atoms with E-state index in [9.17, 15) is 0 Å². The van der Waals surface area contributed by atoms with Gasteiger partial charge in [-0.3, -0.25) is 0 Å². The zero-order valence-electron chi connectivity index (χ0n) is 11.7. The summed E-state index contributed by atoms with van der Waals surface area (Å²) >= 11 is 0. The molecule has 0 aromatic carbocycles. The summed E-state index contributed by atoms with van der Waals surface area (Å²) in [4.78, 5) is 4.40. The molecule has 106 valence electrons. The summed E-state index contributed by atoms with van der Waals surface area (Å²) in [5.74, 6) is 0.730. The fourth-order valence-electron chi connectivity index (χ4n) is 1.88. The highest BCUT2D eigenvalue weighted by Gasteiger charge is 2.07. The molecule has 1 aliphatic heterocycles. The lowest BCUT2D eigenvalue weighted by molar-refractivity contribution is 1.08. The molecule has 0 spiro atoms. The fraction of sp³-hybridized carbons (Fsp3) is 0.0625. The second kappa shape index (κ2) is 7.00. The van der Waals surface area contributed by atoms with Gasteiger partial charge in [0.25, 0.3) is 0 Å². The second-order valence-corrected chi connectivity index (χ2v) is 4.40. The van der Waals surface area contributed by atoms with Gasteiger partial charge in [-0.1, -0.05) is 6.07 Å². The van der Waals surface area contributed by atoms with Crippen LogP contribution in [0.1, 0.15) is 5.69 Å². The van der Waals surface area contributed by atoms with Gasteiger partial charge >= 0.3 is 0 Å². The van der Waals surface area contributed by atoms with Gasteiger partial charge in [0, 0.05) is 41.3 Å². The Bertz CT molecular complexity index is 665. The van der Waals surface area contributed by atoms with Gasteiger partial charge in [0.2, 0.25) is 0 Å². The predicted molar refractivity (Wildman–Crippen MR) is 86.7 cm³/mol. The molecular formula is C16H17N5. The number of aromatic nitrogens is 1. The van der Waals surface area contributed by atoms with Gasteiger partial charge in [0.15, 0.2) is 0 Å². The fourth-order valence-corrected chi connectivity index (χ4v) is 1.88. The Hall–Kier alpha value is -2.95. The van der Waals surface area contributed by atoms with Crippen molar-refractivity contribution >= 4 is 18.2 Å². The van der Waals surface area contributed by atoms with Crippen LogP contribution in [0.25, 0.3) is 0 Å². The molecule has 0 saturated heterocycles. The molecule has 21 heavy (non-hydrogen) atoms. The van der Waals surface area contributed by atoms with Crippen LogP contribution in [-0.4, -0.2) is 17.4 Å². The largest absolute Gasteiger partial charge is 0.362 e. The molecule has 0 fully saturated rings. The van der Waals surface area contributed by atoms with Crippen molar-refractivity contribution in [3.63, 3.8) is 0 Å². The van der Waals surface area contributed by atoms with E-state index in [1.807, 2.05) is 37.3 Å². The highest BCUT2D eigenvalue weighted by atomic mass is 15.0. The summed E-state index contributed by atoms with van der Waals surface area (Å²) in [6.45, 7) is 1.93. The quantitative estimate of drug-likeness (QED) is 0.625. The molecule has 0 aliphatic carbocycles. The summed E-state index contributed by atoms with van der Waals surface area (Å²) in [6, 6.07) is 5.74. The van der Waals surface area contributed by atoms with Crippen molar-refractivity contribution in [2.45, 2.75) is 6.92 Å². The Morgan fingerprint density at radius 2 is 2.14 bits per heavy atom. The molecule has 5 nitrogen and oxygen atoms in total. The Morgan fingerprint density at radius 3 is 2.86 bits per heavy atom. The lowest BCUT2D eigenvalue weighted by atomic mass is 10.1. The van der Waals surface area contributed by atoms with E-state index < -0.39 is 0 Å². The minimum absolute atomic E-state index is 0.730. The first-order valence-electron chi connectivity index (χ1n) is 6.50. The van der Waals surface area contributed by atoms with Crippen molar-refractivity contribution in [1.29, 1.82) is 10.8 Å². The smallest absolute Gasteiger partial charge is 0.130 e. The molecule has 1 aromatic heterocycles.